The molecule has 2 saturated heterocycles. The number of benzene rings is 1. The van der Waals surface area contributed by atoms with E-state index < -0.39 is 0 Å². The molecule has 5 rings (SSSR count). The lowest BCUT2D eigenvalue weighted by Gasteiger charge is -2.28. The van der Waals surface area contributed by atoms with E-state index in [2.05, 4.69) is 70.3 Å². The van der Waals surface area contributed by atoms with Gasteiger partial charge in [0, 0.05) is 38.4 Å². The van der Waals surface area contributed by atoms with E-state index in [1.807, 2.05) is 10.7 Å². The van der Waals surface area contributed by atoms with Gasteiger partial charge >= 0.3 is 0 Å². The van der Waals surface area contributed by atoms with Crippen LogP contribution in [-0.2, 0) is 6.54 Å². The molecule has 2 aromatic heterocycles. The van der Waals surface area contributed by atoms with Gasteiger partial charge in [0.05, 0.1) is 0 Å². The third-order valence-corrected chi connectivity index (χ3v) is 6.23. The Bertz CT molecular complexity index is 939. The van der Waals surface area contributed by atoms with Crippen LogP contribution in [0.1, 0.15) is 22.7 Å². The Morgan fingerprint density at radius 1 is 1.11 bits per heavy atom. The van der Waals surface area contributed by atoms with E-state index in [0.29, 0.717) is 6.04 Å². The van der Waals surface area contributed by atoms with Gasteiger partial charge < -0.3 is 0 Å². The lowest BCUT2D eigenvalue weighted by molar-refractivity contribution is 0.224. The highest BCUT2D eigenvalue weighted by atomic mass is 35.5. The first-order chi connectivity index (χ1) is 12.7. The van der Waals surface area contributed by atoms with Gasteiger partial charge in [-0.2, -0.15) is 5.10 Å². The quantitative estimate of drug-likeness (QED) is 0.696. The SMILES string of the molecule is Cc1ccccc1[C@@H]1[C@@H]2CN(Cc3ccn4ncnc4c3)C[C@@H]2CN1C.Cl. The number of hydrogen-bond donors (Lipinski definition) is 0. The van der Waals surface area contributed by atoms with Gasteiger partial charge in [0.2, 0.25) is 0 Å². The Balaban J connectivity index is 0.00000180. The summed E-state index contributed by atoms with van der Waals surface area (Å²) in [5.41, 5.74) is 5.18. The molecular weight excluding hydrogens is 358 g/mol. The van der Waals surface area contributed by atoms with Gasteiger partial charge in [-0.3, -0.25) is 9.80 Å². The maximum Gasteiger partial charge on any atom is 0.155 e. The van der Waals surface area contributed by atoms with Crippen LogP contribution in [-0.4, -0.2) is 51.1 Å². The Labute approximate surface area is 166 Å². The second kappa shape index (κ2) is 7.23. The van der Waals surface area contributed by atoms with Crippen LogP contribution >= 0.6 is 12.4 Å². The molecule has 0 N–H and O–H groups in total. The van der Waals surface area contributed by atoms with E-state index >= 15 is 0 Å². The summed E-state index contributed by atoms with van der Waals surface area (Å²) in [5, 5.41) is 4.18. The van der Waals surface area contributed by atoms with Gasteiger partial charge in [-0.25, -0.2) is 9.50 Å². The maximum absolute atomic E-state index is 4.31. The Hall–Kier alpha value is -1.95. The lowest BCUT2D eigenvalue weighted by atomic mass is 9.88. The van der Waals surface area contributed by atoms with Crippen LogP contribution in [0.15, 0.2) is 48.9 Å². The first kappa shape index (κ1) is 18.4. The summed E-state index contributed by atoms with van der Waals surface area (Å²) in [6, 6.07) is 13.8. The van der Waals surface area contributed by atoms with Crippen molar-refractivity contribution >= 4 is 18.1 Å². The fourth-order valence-corrected chi connectivity index (χ4v) is 5.08. The third kappa shape index (κ3) is 3.24. The fourth-order valence-electron chi connectivity index (χ4n) is 5.08. The molecule has 3 atom stereocenters. The predicted octanol–water partition coefficient (Wildman–Crippen LogP) is 3.19. The van der Waals surface area contributed by atoms with Crippen molar-refractivity contribution in [3.63, 3.8) is 0 Å². The van der Waals surface area contributed by atoms with Crippen LogP contribution in [0.2, 0.25) is 0 Å². The molecule has 0 amide bonds. The van der Waals surface area contributed by atoms with Gasteiger partial charge in [0.25, 0.3) is 0 Å². The highest BCUT2D eigenvalue weighted by molar-refractivity contribution is 5.85. The Morgan fingerprint density at radius 3 is 2.81 bits per heavy atom. The summed E-state index contributed by atoms with van der Waals surface area (Å²) in [4.78, 5) is 9.50. The normalized spacial score (nSPS) is 25.6. The minimum atomic E-state index is 0. The minimum absolute atomic E-state index is 0. The average molecular weight is 384 g/mol. The monoisotopic (exact) mass is 383 g/mol. The second-order valence-electron chi connectivity index (χ2n) is 7.96. The van der Waals surface area contributed by atoms with Crippen LogP contribution < -0.4 is 0 Å². The van der Waals surface area contributed by atoms with E-state index in [9.17, 15) is 0 Å². The smallest absolute Gasteiger partial charge is 0.155 e. The standard InChI is InChI=1S/C21H25N5.ClH/c1-15-5-3-4-6-18(15)21-19-13-25(12-17(19)11-24(21)2)10-16-7-8-26-20(9-16)22-14-23-26;/h3-9,14,17,19,21H,10-13H2,1-2H3;1H/t17-,19+,21+;/m0./s1. The maximum atomic E-state index is 4.31. The van der Waals surface area contributed by atoms with Crippen LogP contribution in [0.3, 0.4) is 0 Å². The zero-order chi connectivity index (χ0) is 17.7. The zero-order valence-electron chi connectivity index (χ0n) is 15.8. The largest absolute Gasteiger partial charge is 0.299 e. The molecule has 0 saturated carbocycles. The first-order valence-corrected chi connectivity index (χ1v) is 9.45. The molecule has 0 bridgehead atoms. The predicted molar refractivity (Wildman–Crippen MR) is 109 cm³/mol. The van der Waals surface area contributed by atoms with Gasteiger partial charge in [-0.1, -0.05) is 24.3 Å². The van der Waals surface area contributed by atoms with E-state index in [4.69, 9.17) is 0 Å². The minimum Gasteiger partial charge on any atom is -0.299 e. The fraction of sp³-hybridized carbons (Fsp3) is 0.429. The molecule has 0 spiro atoms. The van der Waals surface area contributed by atoms with E-state index in [1.165, 1.54) is 36.3 Å². The van der Waals surface area contributed by atoms with Crippen molar-refractivity contribution in [1.82, 2.24) is 24.4 Å². The highest BCUT2D eigenvalue weighted by Crippen LogP contribution is 2.45. The number of aryl methyl sites for hydroxylation is 1. The van der Waals surface area contributed by atoms with Crippen molar-refractivity contribution in [3.8, 4) is 0 Å². The molecule has 0 aliphatic carbocycles. The molecule has 2 fully saturated rings. The van der Waals surface area contributed by atoms with E-state index in [1.54, 1.807) is 6.33 Å². The summed E-state index contributed by atoms with van der Waals surface area (Å²) >= 11 is 0. The number of hydrogen-bond acceptors (Lipinski definition) is 4. The Morgan fingerprint density at radius 2 is 1.96 bits per heavy atom. The highest BCUT2D eigenvalue weighted by Gasteiger charge is 2.46. The van der Waals surface area contributed by atoms with Gasteiger partial charge in [0.1, 0.15) is 6.33 Å². The summed E-state index contributed by atoms with van der Waals surface area (Å²) in [5.74, 6) is 1.49. The lowest BCUT2D eigenvalue weighted by Crippen LogP contribution is -2.29. The molecule has 4 heterocycles. The summed E-state index contributed by atoms with van der Waals surface area (Å²) in [7, 11) is 2.29. The van der Waals surface area contributed by atoms with Crippen molar-refractivity contribution < 1.29 is 0 Å². The molecular formula is C21H26ClN5. The molecule has 2 aliphatic heterocycles. The molecule has 6 heteroatoms. The van der Waals surface area contributed by atoms with Crippen LogP contribution in [0.25, 0.3) is 5.65 Å². The van der Waals surface area contributed by atoms with Crippen molar-refractivity contribution in [2.75, 3.05) is 26.7 Å². The first-order valence-electron chi connectivity index (χ1n) is 9.45. The van der Waals surface area contributed by atoms with Crippen molar-refractivity contribution in [2.45, 2.75) is 19.5 Å². The number of rotatable bonds is 3. The zero-order valence-corrected chi connectivity index (χ0v) is 16.6. The van der Waals surface area contributed by atoms with Gasteiger partial charge in [0.15, 0.2) is 5.65 Å². The molecule has 3 aromatic rings. The molecule has 5 nitrogen and oxygen atoms in total. The summed E-state index contributed by atoms with van der Waals surface area (Å²) < 4.78 is 1.82. The number of pyridine rings is 1. The summed E-state index contributed by atoms with van der Waals surface area (Å²) in [6.07, 6.45) is 3.63. The number of nitrogens with zero attached hydrogens (tertiary/aromatic N) is 5. The average Bonchev–Trinajstić information content (AvgIpc) is 3.30. The molecule has 1 aromatic carbocycles. The van der Waals surface area contributed by atoms with Crippen molar-refractivity contribution in [3.05, 3.63) is 65.6 Å². The molecule has 2 aliphatic rings. The second-order valence-corrected chi connectivity index (χ2v) is 7.96. The number of halogens is 1. The van der Waals surface area contributed by atoms with Crippen molar-refractivity contribution in [2.24, 2.45) is 11.8 Å². The molecule has 142 valence electrons. The van der Waals surface area contributed by atoms with Crippen molar-refractivity contribution in [1.29, 1.82) is 0 Å². The number of likely N-dealkylation sites (tertiary alicyclic amines) is 2. The van der Waals surface area contributed by atoms with E-state index in [-0.39, 0.29) is 12.4 Å². The molecule has 0 radical (unpaired) electrons. The molecule has 0 unspecified atom stereocenters. The van der Waals surface area contributed by atoms with Crippen LogP contribution in [0.4, 0.5) is 0 Å². The van der Waals surface area contributed by atoms with Gasteiger partial charge in [-0.05, 0) is 54.6 Å². The summed E-state index contributed by atoms with van der Waals surface area (Å²) in [6.45, 7) is 6.81. The number of fused-ring (bicyclic) bond motifs is 2. The molecule has 27 heavy (non-hydrogen) atoms. The Kier molecular flexibility index (Phi) is 4.93. The van der Waals surface area contributed by atoms with Gasteiger partial charge in [-0.15, -0.1) is 12.4 Å². The third-order valence-electron chi connectivity index (χ3n) is 6.23. The van der Waals surface area contributed by atoms with Crippen LogP contribution in [0.5, 0.6) is 0 Å². The number of aromatic nitrogens is 3. The van der Waals surface area contributed by atoms with Crippen LogP contribution in [0, 0.1) is 18.8 Å². The topological polar surface area (TPSA) is 36.7 Å². The van der Waals surface area contributed by atoms with E-state index in [0.717, 1.165) is 24.0 Å².